The maximum atomic E-state index is 6.01. The van der Waals surface area contributed by atoms with Crippen LogP contribution in [0.1, 0.15) is 82.1 Å². The second-order valence-corrected chi connectivity index (χ2v) is 13.5. The van der Waals surface area contributed by atoms with Crippen LogP contribution in [0.4, 0.5) is 0 Å². The fourth-order valence-electron chi connectivity index (χ4n) is 3.56. The second kappa shape index (κ2) is 5.49. The van der Waals surface area contributed by atoms with Gasteiger partial charge >= 0.3 is 0 Å². The van der Waals surface area contributed by atoms with Crippen LogP contribution in [0, 0.1) is 10.8 Å². The Morgan fingerprint density at radius 2 is 0.833 bits per heavy atom. The van der Waals surface area contributed by atoms with Crippen molar-refractivity contribution >= 4 is 18.5 Å². The van der Waals surface area contributed by atoms with Gasteiger partial charge in [-0.15, -0.1) is 0 Å². The Morgan fingerprint density at radius 3 is 1.00 bits per heavy atom. The van der Waals surface area contributed by atoms with E-state index in [-0.39, 0.29) is 10.3 Å². The summed E-state index contributed by atoms with van der Waals surface area (Å²) in [6.07, 6.45) is 2.42. The molecule has 0 heterocycles. The van der Waals surface area contributed by atoms with E-state index in [1.54, 1.807) is 0 Å². The highest BCUT2D eigenvalue weighted by molar-refractivity contribution is 8.06. The fraction of sp³-hybridized carbons (Fsp3) is 1.00. The number of hydrogen-bond acceptors (Lipinski definition) is 1. The summed E-state index contributed by atoms with van der Waals surface area (Å²) in [5.74, 6) is 0. The lowest BCUT2D eigenvalue weighted by Crippen LogP contribution is -2.32. The van der Waals surface area contributed by atoms with Gasteiger partial charge in [0, 0.05) is 0 Å². The van der Waals surface area contributed by atoms with Gasteiger partial charge in [-0.1, -0.05) is 41.5 Å². The summed E-state index contributed by atoms with van der Waals surface area (Å²) < 4.78 is 0. The summed E-state index contributed by atoms with van der Waals surface area (Å²) in [5, 5.41) is 0.551. The molecule has 0 bridgehead atoms. The Balaban J connectivity index is 5.02. The molecule has 0 atom stereocenters. The van der Waals surface area contributed by atoms with Crippen molar-refractivity contribution in [3.63, 3.8) is 0 Å². The maximum absolute atomic E-state index is 6.01. The molecule has 0 rings (SSSR count). The largest absolute Gasteiger partial charge is 0.186 e. The van der Waals surface area contributed by atoms with Gasteiger partial charge < -0.3 is 0 Å². The highest BCUT2D eigenvalue weighted by Gasteiger charge is 2.49. The topological polar surface area (TPSA) is 0 Å². The Hall–Kier alpha value is 0.520. The molecule has 0 spiro atoms. The van der Waals surface area contributed by atoms with E-state index in [1.807, 2.05) is 0 Å². The van der Waals surface area contributed by atoms with Gasteiger partial charge in [0.25, 0.3) is 0 Å². The van der Waals surface area contributed by atoms with Crippen LogP contribution >= 0.6 is 6.70 Å². The third-order valence-electron chi connectivity index (χ3n) is 3.03. The average Bonchev–Trinajstić information content (AvgIpc) is 1.92. The van der Waals surface area contributed by atoms with E-state index in [9.17, 15) is 0 Å². The lowest BCUT2D eigenvalue weighted by atomic mass is 9.85. The van der Waals surface area contributed by atoms with Crippen LogP contribution in [-0.2, 0) is 11.8 Å². The highest BCUT2D eigenvalue weighted by Crippen LogP contribution is 2.57. The Labute approximate surface area is 122 Å². The summed E-state index contributed by atoms with van der Waals surface area (Å²) in [4.78, 5) is 0. The molecule has 0 aliphatic carbocycles. The molecule has 0 nitrogen and oxygen atoms in total. The molecule has 0 aliphatic heterocycles. The molecule has 0 aromatic heterocycles. The third-order valence-corrected chi connectivity index (χ3v) is 8.51. The van der Waals surface area contributed by atoms with Gasteiger partial charge in [-0.2, -0.15) is 0 Å². The molecule has 0 unspecified atom stereocenters. The minimum atomic E-state index is -0.412. The van der Waals surface area contributed by atoms with Gasteiger partial charge in [0.15, 0.2) is 18.5 Å². The lowest BCUT2D eigenvalue weighted by molar-refractivity contribution is 0.320. The van der Waals surface area contributed by atoms with E-state index in [1.165, 1.54) is 12.8 Å². The first-order valence-corrected chi connectivity index (χ1v) is 9.40. The van der Waals surface area contributed by atoms with E-state index in [2.05, 4.69) is 69.2 Å². The molecule has 0 aromatic carbocycles. The van der Waals surface area contributed by atoms with Gasteiger partial charge in [-0.3, -0.25) is 0 Å². The molecule has 0 N–H and O–H groups in total. The van der Waals surface area contributed by atoms with Crippen LogP contribution in [0.3, 0.4) is 0 Å². The molecular weight excluding hydrogens is 255 g/mol. The van der Waals surface area contributed by atoms with E-state index in [0.29, 0.717) is 10.8 Å². The van der Waals surface area contributed by atoms with Crippen molar-refractivity contribution in [2.75, 3.05) is 0 Å². The molecule has 108 valence electrons. The van der Waals surface area contributed by atoms with Gasteiger partial charge in [-0.25, -0.2) is 0 Å². The zero-order valence-electron chi connectivity index (χ0n) is 14.3. The van der Waals surface area contributed by atoms with Crippen molar-refractivity contribution in [3.8, 4) is 0 Å². The van der Waals surface area contributed by atoms with Crippen LogP contribution in [-0.4, -0.2) is 10.3 Å². The van der Waals surface area contributed by atoms with Crippen LogP contribution in [0.15, 0.2) is 0 Å². The highest BCUT2D eigenvalue weighted by atomic mass is 32.4. The van der Waals surface area contributed by atoms with Crippen LogP contribution in [0.25, 0.3) is 0 Å². The van der Waals surface area contributed by atoms with Crippen molar-refractivity contribution in [3.05, 3.63) is 0 Å². The van der Waals surface area contributed by atoms with Gasteiger partial charge in [0.2, 0.25) is 0 Å². The van der Waals surface area contributed by atoms with Gasteiger partial charge in [0.05, 0.1) is 0 Å². The Bertz CT molecular complexity index is 270. The predicted octanol–water partition coefficient (Wildman–Crippen LogP) is 6.36. The summed E-state index contributed by atoms with van der Waals surface area (Å²) in [5.41, 5.74) is 0.724. The molecular formula is C16H34PS+. The minimum absolute atomic E-state index is 0.275. The van der Waals surface area contributed by atoms with Crippen molar-refractivity contribution in [2.24, 2.45) is 10.8 Å². The normalized spacial score (nSPS) is 14.8. The van der Waals surface area contributed by atoms with Crippen molar-refractivity contribution < 1.29 is 0 Å². The zero-order chi connectivity index (χ0) is 15.0. The van der Waals surface area contributed by atoms with E-state index in [4.69, 9.17) is 11.8 Å². The smallest absolute Gasteiger partial charge is 0.0600 e. The molecule has 0 fully saturated rings. The van der Waals surface area contributed by atoms with Crippen molar-refractivity contribution in [1.82, 2.24) is 0 Å². The molecule has 2 heteroatoms. The molecule has 0 saturated heterocycles. The van der Waals surface area contributed by atoms with E-state index < -0.39 is 6.70 Å². The lowest BCUT2D eigenvalue weighted by Gasteiger charge is -2.34. The SMILES string of the molecule is CC(C)(C)CC(C)(C)[P+](=S)C(C)(C)CC(C)(C)C. The van der Waals surface area contributed by atoms with E-state index in [0.717, 1.165) is 0 Å². The first kappa shape index (κ1) is 18.5. The molecule has 0 amide bonds. The second-order valence-electron chi connectivity index (χ2n) is 9.39. The number of rotatable bonds is 4. The summed E-state index contributed by atoms with van der Waals surface area (Å²) in [6, 6.07) is 0. The minimum Gasteiger partial charge on any atom is -0.0600 e. The first-order chi connectivity index (χ1) is 7.57. The summed E-state index contributed by atoms with van der Waals surface area (Å²) in [6.45, 7) is 23.0. The van der Waals surface area contributed by atoms with Gasteiger partial charge in [-0.05, 0) is 51.4 Å². The van der Waals surface area contributed by atoms with Crippen LogP contribution in [0.2, 0.25) is 0 Å². The zero-order valence-corrected chi connectivity index (χ0v) is 16.0. The molecule has 18 heavy (non-hydrogen) atoms. The first-order valence-electron chi connectivity index (χ1n) is 7.04. The Kier molecular flexibility index (Phi) is 5.65. The maximum Gasteiger partial charge on any atom is 0.186 e. The summed E-state index contributed by atoms with van der Waals surface area (Å²) >= 11 is 6.01. The van der Waals surface area contributed by atoms with Crippen molar-refractivity contribution in [1.29, 1.82) is 0 Å². The molecule has 0 aromatic rings. The molecule has 0 saturated carbocycles. The monoisotopic (exact) mass is 289 g/mol. The van der Waals surface area contributed by atoms with Crippen molar-refractivity contribution in [2.45, 2.75) is 92.4 Å². The molecule has 0 aliphatic rings. The third kappa shape index (κ3) is 6.62. The van der Waals surface area contributed by atoms with Gasteiger partial charge in [0.1, 0.15) is 10.3 Å². The molecule has 0 radical (unpaired) electrons. The Morgan fingerprint density at radius 1 is 0.611 bits per heavy atom. The standard InChI is InChI=1S/C16H34PS/c1-13(2,3)11-15(7,8)17(18)16(9,10)12-14(4,5)6/h11-12H2,1-10H3/q+1. The summed E-state index contributed by atoms with van der Waals surface area (Å²) in [7, 11) is 0. The fourth-order valence-corrected chi connectivity index (χ4v) is 6.82. The number of hydrogen-bond donors (Lipinski definition) is 0. The quantitative estimate of drug-likeness (QED) is 0.543. The van der Waals surface area contributed by atoms with Crippen LogP contribution < -0.4 is 0 Å². The van der Waals surface area contributed by atoms with Crippen LogP contribution in [0.5, 0.6) is 0 Å². The average molecular weight is 289 g/mol. The van der Waals surface area contributed by atoms with E-state index >= 15 is 0 Å². The predicted molar refractivity (Wildman–Crippen MR) is 90.6 cm³/mol.